The minimum atomic E-state index is 0. The van der Waals surface area contributed by atoms with Gasteiger partial charge in [0, 0.05) is 0 Å². The minimum absolute atomic E-state index is 0. The van der Waals surface area contributed by atoms with Crippen LogP contribution in [0.3, 0.4) is 0 Å². The smallest absolute Gasteiger partial charge is 1.00 e. The molecule has 3 aromatic carbocycles. The second-order valence-corrected chi connectivity index (χ2v) is 5.77. The summed E-state index contributed by atoms with van der Waals surface area (Å²) >= 11 is 0. The number of fused-ring (bicyclic) bond motifs is 3. The van der Waals surface area contributed by atoms with Gasteiger partial charge in [0.05, 0.1) is 0 Å². The van der Waals surface area contributed by atoms with Crippen molar-refractivity contribution in [3.8, 4) is 11.1 Å². The van der Waals surface area contributed by atoms with Gasteiger partial charge in [0.1, 0.15) is 0 Å². The monoisotopic (exact) mass is 432 g/mol. The van der Waals surface area contributed by atoms with Gasteiger partial charge in [-0.2, -0.15) is 42.5 Å². The summed E-state index contributed by atoms with van der Waals surface area (Å²) in [6.45, 7) is 4.58. The van der Waals surface area contributed by atoms with E-state index in [0.717, 1.165) is 0 Å². The van der Waals surface area contributed by atoms with Crippen LogP contribution in [0.5, 0.6) is 0 Å². The van der Waals surface area contributed by atoms with Crippen LogP contribution in [0, 0.1) is 12.0 Å². The standard InChI is InChI=1S/C16H15.C5H5.2ClH.Zr/c1-11(2)16-14-9-5-3-7-12(14)13-8-4-6-10-15(13)16;1-2-4-5-3-1;;;/h3-9,11,16H,1-2H3;1-5H;2*1H;/q2*-1;;;+4/p-2. The van der Waals surface area contributed by atoms with E-state index in [1.165, 1.54) is 22.3 Å². The fourth-order valence-electron chi connectivity index (χ4n) is 3.12. The quantitative estimate of drug-likeness (QED) is 0.460. The molecule has 3 aromatic rings. The molecular formula is C21H20Cl2Zr. The SMILES string of the molecule is CC(C)C1c2[c-]cccc2-c2ccccc21.[Cl-].[Cl-].[Zr+4].c1cc[cH-]c1. The summed E-state index contributed by atoms with van der Waals surface area (Å²) in [7, 11) is 0. The van der Waals surface area contributed by atoms with Crippen LogP contribution in [-0.4, -0.2) is 0 Å². The number of hydrogen-bond acceptors (Lipinski definition) is 0. The molecule has 1 aliphatic carbocycles. The van der Waals surface area contributed by atoms with Gasteiger partial charge in [-0.05, 0) is 17.4 Å². The zero-order chi connectivity index (χ0) is 14.7. The van der Waals surface area contributed by atoms with Gasteiger partial charge in [0.25, 0.3) is 0 Å². The molecule has 0 aromatic heterocycles. The molecular weight excluding hydrogens is 414 g/mol. The van der Waals surface area contributed by atoms with E-state index in [2.05, 4.69) is 56.3 Å². The zero-order valence-electron chi connectivity index (χ0n) is 13.8. The molecule has 122 valence electrons. The Kier molecular flexibility index (Phi) is 10.6. The van der Waals surface area contributed by atoms with Crippen molar-refractivity contribution < 1.29 is 51.0 Å². The third kappa shape index (κ3) is 4.88. The first kappa shape index (κ1) is 23.3. The molecule has 0 radical (unpaired) electrons. The molecule has 1 aliphatic rings. The molecule has 0 heterocycles. The van der Waals surface area contributed by atoms with Crippen molar-refractivity contribution in [3.63, 3.8) is 0 Å². The Bertz CT molecular complexity index is 643. The average molecular weight is 435 g/mol. The molecule has 1 atom stereocenters. The minimum Gasteiger partial charge on any atom is -1.00 e. The molecule has 0 bridgehead atoms. The third-order valence-corrected chi connectivity index (χ3v) is 4.01. The van der Waals surface area contributed by atoms with Crippen molar-refractivity contribution in [2.75, 3.05) is 0 Å². The summed E-state index contributed by atoms with van der Waals surface area (Å²) in [5, 5.41) is 0. The summed E-state index contributed by atoms with van der Waals surface area (Å²) < 4.78 is 0. The topological polar surface area (TPSA) is 0 Å². The molecule has 0 amide bonds. The second-order valence-electron chi connectivity index (χ2n) is 5.77. The molecule has 1 unspecified atom stereocenters. The molecule has 0 nitrogen and oxygen atoms in total. The van der Waals surface area contributed by atoms with Gasteiger partial charge < -0.3 is 24.8 Å². The molecule has 0 N–H and O–H groups in total. The maximum atomic E-state index is 3.43. The average Bonchev–Trinajstić information content (AvgIpc) is 3.17. The van der Waals surface area contributed by atoms with Crippen LogP contribution in [-0.2, 0) is 26.2 Å². The predicted octanol–water partition coefficient (Wildman–Crippen LogP) is -0.334. The Balaban J connectivity index is 0.000000578. The molecule has 0 saturated heterocycles. The third-order valence-electron chi connectivity index (χ3n) is 4.01. The van der Waals surface area contributed by atoms with Gasteiger partial charge in [0.15, 0.2) is 0 Å². The fourth-order valence-corrected chi connectivity index (χ4v) is 3.12. The first-order valence-electron chi connectivity index (χ1n) is 7.55. The van der Waals surface area contributed by atoms with Crippen molar-refractivity contribution in [1.29, 1.82) is 0 Å². The van der Waals surface area contributed by atoms with E-state index in [9.17, 15) is 0 Å². The van der Waals surface area contributed by atoms with Gasteiger partial charge in [-0.3, -0.25) is 0 Å². The summed E-state index contributed by atoms with van der Waals surface area (Å²) in [5.41, 5.74) is 5.61. The second kappa shape index (κ2) is 11.0. The van der Waals surface area contributed by atoms with Crippen molar-refractivity contribution in [2.45, 2.75) is 19.8 Å². The van der Waals surface area contributed by atoms with Gasteiger partial charge >= 0.3 is 26.2 Å². The number of rotatable bonds is 1. The van der Waals surface area contributed by atoms with Crippen molar-refractivity contribution in [2.24, 2.45) is 5.92 Å². The van der Waals surface area contributed by atoms with Crippen LogP contribution in [0.15, 0.2) is 72.8 Å². The van der Waals surface area contributed by atoms with E-state index in [1.54, 1.807) is 0 Å². The van der Waals surface area contributed by atoms with Gasteiger partial charge in [-0.1, -0.05) is 43.7 Å². The van der Waals surface area contributed by atoms with Crippen LogP contribution in [0.2, 0.25) is 0 Å². The van der Waals surface area contributed by atoms with Crippen LogP contribution in [0.25, 0.3) is 11.1 Å². The fraction of sp³-hybridized carbons (Fsp3) is 0.190. The Morgan fingerprint density at radius 2 is 1.50 bits per heavy atom. The first-order chi connectivity index (χ1) is 10.3. The van der Waals surface area contributed by atoms with E-state index in [0.29, 0.717) is 11.8 Å². The summed E-state index contributed by atoms with van der Waals surface area (Å²) in [6.07, 6.45) is 0. The summed E-state index contributed by atoms with van der Waals surface area (Å²) in [6, 6.07) is 28.5. The van der Waals surface area contributed by atoms with E-state index >= 15 is 0 Å². The van der Waals surface area contributed by atoms with Crippen molar-refractivity contribution in [1.82, 2.24) is 0 Å². The largest absolute Gasteiger partial charge is 4.00 e. The Morgan fingerprint density at radius 1 is 0.875 bits per heavy atom. The first-order valence-corrected chi connectivity index (χ1v) is 7.55. The van der Waals surface area contributed by atoms with Crippen LogP contribution < -0.4 is 24.8 Å². The maximum absolute atomic E-state index is 3.43. The normalized spacial score (nSPS) is 13.2. The van der Waals surface area contributed by atoms with Crippen LogP contribution in [0.4, 0.5) is 0 Å². The van der Waals surface area contributed by atoms with Gasteiger partial charge in [0.2, 0.25) is 0 Å². The molecule has 0 aliphatic heterocycles. The molecule has 0 fully saturated rings. The number of benzene rings is 2. The number of hydrogen-bond donors (Lipinski definition) is 0. The van der Waals surface area contributed by atoms with E-state index in [-0.39, 0.29) is 51.0 Å². The summed E-state index contributed by atoms with van der Waals surface area (Å²) in [4.78, 5) is 0. The van der Waals surface area contributed by atoms with E-state index in [1.807, 2.05) is 36.4 Å². The molecule has 0 saturated carbocycles. The van der Waals surface area contributed by atoms with Crippen LogP contribution in [0.1, 0.15) is 30.9 Å². The Labute approximate surface area is 177 Å². The molecule has 24 heavy (non-hydrogen) atoms. The van der Waals surface area contributed by atoms with Crippen molar-refractivity contribution >= 4 is 0 Å². The van der Waals surface area contributed by atoms with E-state index in [4.69, 9.17) is 0 Å². The maximum Gasteiger partial charge on any atom is 4.00 e. The summed E-state index contributed by atoms with van der Waals surface area (Å²) in [5.74, 6) is 1.15. The van der Waals surface area contributed by atoms with Crippen molar-refractivity contribution in [3.05, 3.63) is 90.0 Å². The Morgan fingerprint density at radius 3 is 2.08 bits per heavy atom. The Hall–Kier alpha value is -0.747. The predicted molar refractivity (Wildman–Crippen MR) is 89.4 cm³/mol. The van der Waals surface area contributed by atoms with Crippen LogP contribution >= 0.6 is 0 Å². The molecule has 4 rings (SSSR count). The molecule has 0 spiro atoms. The van der Waals surface area contributed by atoms with E-state index < -0.39 is 0 Å². The number of halogens is 2. The van der Waals surface area contributed by atoms with Gasteiger partial charge in [-0.25, -0.2) is 12.1 Å². The van der Waals surface area contributed by atoms with Gasteiger partial charge in [-0.15, -0.1) is 11.1 Å². The zero-order valence-corrected chi connectivity index (χ0v) is 17.8. The molecule has 3 heteroatoms.